The topological polar surface area (TPSA) is 67.9 Å². The first kappa shape index (κ1) is 24.2. The maximum atomic E-state index is 14.3. The molecule has 0 spiro atoms. The molecular formula is C27H26F2N2O4. The van der Waals surface area contributed by atoms with Gasteiger partial charge in [-0.1, -0.05) is 18.2 Å². The van der Waals surface area contributed by atoms with Crippen LogP contribution in [-0.4, -0.2) is 30.6 Å². The van der Waals surface area contributed by atoms with Crippen LogP contribution in [0, 0.1) is 11.6 Å². The van der Waals surface area contributed by atoms with E-state index < -0.39 is 35.0 Å². The van der Waals surface area contributed by atoms with Crippen LogP contribution in [0.4, 0.5) is 14.5 Å². The highest BCUT2D eigenvalue weighted by Crippen LogP contribution is 2.35. The summed E-state index contributed by atoms with van der Waals surface area (Å²) in [4.78, 5) is 28.7. The number of carbonyl (C=O) groups is 2. The number of nitrogens with one attached hydrogen (secondary N) is 1. The highest BCUT2D eigenvalue weighted by atomic mass is 19.1. The fourth-order valence-electron chi connectivity index (χ4n) is 3.83. The number of ether oxygens (including phenoxy) is 2. The van der Waals surface area contributed by atoms with Crippen molar-refractivity contribution in [1.82, 2.24) is 5.32 Å². The molecule has 0 saturated carbocycles. The molecule has 0 saturated heterocycles. The van der Waals surface area contributed by atoms with E-state index in [2.05, 4.69) is 5.32 Å². The molecule has 0 bridgehead atoms. The van der Waals surface area contributed by atoms with Gasteiger partial charge in [0.25, 0.3) is 5.91 Å². The second-order valence-electron chi connectivity index (χ2n) is 9.21. The van der Waals surface area contributed by atoms with Gasteiger partial charge >= 0.3 is 0 Å². The largest absolute Gasteiger partial charge is 0.486 e. The predicted octanol–water partition coefficient (Wildman–Crippen LogP) is 5.04. The molecule has 3 aromatic carbocycles. The molecular weight excluding hydrogens is 454 g/mol. The van der Waals surface area contributed by atoms with Gasteiger partial charge in [-0.2, -0.15) is 0 Å². The molecule has 1 aliphatic rings. The van der Waals surface area contributed by atoms with Crippen LogP contribution in [0.1, 0.15) is 42.7 Å². The third-order valence-electron chi connectivity index (χ3n) is 5.28. The minimum atomic E-state index is -1.21. The fraction of sp³-hybridized carbons (Fsp3) is 0.259. The molecule has 0 fully saturated rings. The molecule has 0 unspecified atom stereocenters. The zero-order valence-electron chi connectivity index (χ0n) is 19.7. The molecule has 1 N–H and O–H groups in total. The minimum Gasteiger partial charge on any atom is -0.486 e. The van der Waals surface area contributed by atoms with Gasteiger partial charge in [-0.25, -0.2) is 8.78 Å². The smallest absolute Gasteiger partial charge is 0.259 e. The number of carbonyl (C=O) groups excluding carboxylic acids is 2. The Balaban J connectivity index is 1.86. The molecule has 182 valence electrons. The van der Waals surface area contributed by atoms with Crippen LogP contribution in [0.25, 0.3) is 0 Å². The monoisotopic (exact) mass is 480 g/mol. The number of rotatable bonds is 5. The van der Waals surface area contributed by atoms with Crippen LogP contribution >= 0.6 is 0 Å². The third kappa shape index (κ3) is 5.59. The third-order valence-corrected chi connectivity index (χ3v) is 5.28. The molecule has 1 heterocycles. The molecule has 35 heavy (non-hydrogen) atoms. The Kier molecular flexibility index (Phi) is 6.73. The van der Waals surface area contributed by atoms with Crippen molar-refractivity contribution in [1.29, 1.82) is 0 Å². The molecule has 0 aromatic heterocycles. The highest BCUT2D eigenvalue weighted by Gasteiger charge is 2.35. The molecule has 4 rings (SSSR count). The molecule has 1 aliphatic heterocycles. The van der Waals surface area contributed by atoms with E-state index in [-0.39, 0.29) is 11.3 Å². The maximum absolute atomic E-state index is 14.3. The lowest BCUT2D eigenvalue weighted by Crippen LogP contribution is -2.49. The van der Waals surface area contributed by atoms with Crippen LogP contribution in [0.3, 0.4) is 0 Å². The van der Waals surface area contributed by atoms with Gasteiger partial charge in [-0.3, -0.25) is 14.5 Å². The normalized spacial score (nSPS) is 13.6. The number of hydrogen-bond donors (Lipinski definition) is 1. The van der Waals surface area contributed by atoms with Crippen molar-refractivity contribution in [3.8, 4) is 11.5 Å². The number of amides is 2. The molecule has 2 amide bonds. The number of fused-ring (bicyclic) bond motifs is 1. The number of benzene rings is 3. The summed E-state index contributed by atoms with van der Waals surface area (Å²) in [7, 11) is 0. The van der Waals surface area contributed by atoms with E-state index in [1.165, 1.54) is 53.4 Å². The molecule has 6 nitrogen and oxygen atoms in total. The fourth-order valence-corrected chi connectivity index (χ4v) is 3.83. The van der Waals surface area contributed by atoms with Gasteiger partial charge in [-0.05, 0) is 74.9 Å². The Hall–Kier alpha value is -3.94. The lowest BCUT2D eigenvalue weighted by atomic mass is 9.99. The van der Waals surface area contributed by atoms with E-state index in [0.717, 1.165) is 0 Å². The Morgan fingerprint density at radius 1 is 0.886 bits per heavy atom. The summed E-state index contributed by atoms with van der Waals surface area (Å²) in [5.41, 5.74) is 0.129. The van der Waals surface area contributed by atoms with Crippen LogP contribution in [0.5, 0.6) is 11.5 Å². The van der Waals surface area contributed by atoms with Crippen molar-refractivity contribution in [2.75, 3.05) is 18.1 Å². The summed E-state index contributed by atoms with van der Waals surface area (Å²) in [5, 5.41) is 2.89. The first-order valence-corrected chi connectivity index (χ1v) is 11.2. The van der Waals surface area contributed by atoms with Crippen LogP contribution < -0.4 is 19.7 Å². The van der Waals surface area contributed by atoms with Crippen molar-refractivity contribution in [2.45, 2.75) is 32.4 Å². The highest BCUT2D eigenvalue weighted by molar-refractivity contribution is 6.10. The quantitative estimate of drug-likeness (QED) is 0.556. The van der Waals surface area contributed by atoms with E-state index >= 15 is 0 Å². The summed E-state index contributed by atoms with van der Waals surface area (Å²) in [6, 6.07) is 14.2. The second-order valence-corrected chi connectivity index (χ2v) is 9.21. The van der Waals surface area contributed by atoms with Crippen molar-refractivity contribution in [2.24, 2.45) is 0 Å². The van der Waals surface area contributed by atoms with Gasteiger partial charge in [-0.15, -0.1) is 0 Å². The molecule has 8 heteroatoms. The van der Waals surface area contributed by atoms with E-state index in [1.807, 2.05) is 20.8 Å². The van der Waals surface area contributed by atoms with Gasteiger partial charge < -0.3 is 14.8 Å². The summed E-state index contributed by atoms with van der Waals surface area (Å²) in [6.45, 7) is 6.16. The average molecular weight is 481 g/mol. The summed E-state index contributed by atoms with van der Waals surface area (Å²) in [6.07, 6.45) is 0. The van der Waals surface area contributed by atoms with Gasteiger partial charge in [0.1, 0.15) is 30.9 Å². The van der Waals surface area contributed by atoms with Crippen molar-refractivity contribution < 1.29 is 27.8 Å². The van der Waals surface area contributed by atoms with Gasteiger partial charge in [0, 0.05) is 16.8 Å². The summed E-state index contributed by atoms with van der Waals surface area (Å²) in [5.74, 6) is -1.22. The minimum absolute atomic E-state index is 0.170. The lowest BCUT2D eigenvalue weighted by molar-refractivity contribution is -0.123. The van der Waals surface area contributed by atoms with E-state index in [1.54, 1.807) is 18.2 Å². The van der Waals surface area contributed by atoms with Crippen molar-refractivity contribution >= 4 is 17.5 Å². The standard InChI is InChI=1S/C27H26F2N2O4/c1-27(2,3)30-25(32)24(17-7-10-19(28)11-8-17)31(21-6-4-5-20(29)16-21)26(33)18-9-12-22-23(15-18)35-14-13-34-22/h4-12,15-16,24H,13-14H2,1-3H3,(H,30,32)/t24-/m1/s1. The first-order valence-electron chi connectivity index (χ1n) is 11.2. The molecule has 0 radical (unpaired) electrons. The zero-order valence-corrected chi connectivity index (χ0v) is 19.7. The Morgan fingerprint density at radius 2 is 1.57 bits per heavy atom. The lowest BCUT2D eigenvalue weighted by Gasteiger charge is -2.34. The van der Waals surface area contributed by atoms with Gasteiger partial charge in [0.2, 0.25) is 5.91 Å². The van der Waals surface area contributed by atoms with Crippen LogP contribution in [0.15, 0.2) is 66.7 Å². The summed E-state index contributed by atoms with van der Waals surface area (Å²) >= 11 is 0. The summed E-state index contributed by atoms with van der Waals surface area (Å²) < 4.78 is 39.2. The Bertz CT molecular complexity index is 1240. The average Bonchev–Trinajstić information content (AvgIpc) is 2.81. The maximum Gasteiger partial charge on any atom is 0.259 e. The Labute approximate surface area is 202 Å². The number of anilines is 1. The zero-order chi connectivity index (χ0) is 25.2. The molecule has 3 aromatic rings. The molecule has 1 atom stereocenters. The van der Waals surface area contributed by atoms with Crippen LogP contribution in [-0.2, 0) is 4.79 Å². The predicted molar refractivity (Wildman–Crippen MR) is 128 cm³/mol. The molecule has 0 aliphatic carbocycles. The van der Waals surface area contributed by atoms with E-state index in [4.69, 9.17) is 9.47 Å². The number of hydrogen-bond acceptors (Lipinski definition) is 4. The van der Waals surface area contributed by atoms with Gasteiger partial charge in [0.15, 0.2) is 11.5 Å². The van der Waals surface area contributed by atoms with Crippen molar-refractivity contribution in [3.63, 3.8) is 0 Å². The van der Waals surface area contributed by atoms with Crippen molar-refractivity contribution in [3.05, 3.63) is 89.5 Å². The Morgan fingerprint density at radius 3 is 2.23 bits per heavy atom. The SMILES string of the molecule is CC(C)(C)NC(=O)[C@@H](c1ccc(F)cc1)N(C(=O)c1ccc2c(c1)OCCO2)c1cccc(F)c1. The van der Waals surface area contributed by atoms with E-state index in [0.29, 0.717) is 30.3 Å². The number of nitrogens with zero attached hydrogens (tertiary/aromatic N) is 1. The first-order chi connectivity index (χ1) is 16.6. The van der Waals surface area contributed by atoms with Crippen LogP contribution in [0.2, 0.25) is 0 Å². The van der Waals surface area contributed by atoms with E-state index in [9.17, 15) is 18.4 Å². The number of halogens is 2. The second kappa shape index (κ2) is 9.74. The van der Waals surface area contributed by atoms with Gasteiger partial charge in [0.05, 0.1) is 0 Å².